The van der Waals surface area contributed by atoms with Gasteiger partial charge in [-0.25, -0.2) is 4.79 Å². The van der Waals surface area contributed by atoms with E-state index >= 15 is 0 Å². The fourth-order valence-corrected chi connectivity index (χ4v) is 2.48. The molecule has 5 heteroatoms. The van der Waals surface area contributed by atoms with Crippen LogP contribution in [0.5, 0.6) is 5.75 Å². The van der Waals surface area contributed by atoms with Gasteiger partial charge in [-0.2, -0.15) is 0 Å². The Labute approximate surface area is 131 Å². The van der Waals surface area contributed by atoms with Crippen LogP contribution in [-0.2, 0) is 0 Å². The number of carbonyl (C=O) groups is 1. The molecule has 1 N–H and O–H groups in total. The minimum absolute atomic E-state index is 0.0481. The first kappa shape index (κ1) is 14.8. The van der Waals surface area contributed by atoms with Crippen molar-refractivity contribution in [1.82, 2.24) is 0 Å². The highest BCUT2D eigenvalue weighted by Crippen LogP contribution is 2.28. The summed E-state index contributed by atoms with van der Waals surface area (Å²) in [6, 6.07) is 11.8. The Kier molecular flexibility index (Phi) is 3.62. The van der Waals surface area contributed by atoms with E-state index in [1.807, 2.05) is 13.0 Å². The molecule has 3 rings (SSSR count). The number of rotatable bonds is 3. The molecule has 116 valence electrons. The molecule has 0 aliphatic carbocycles. The number of hydrogen-bond donors (Lipinski definition) is 1. The molecule has 2 aromatic carbocycles. The van der Waals surface area contributed by atoms with Crippen LogP contribution in [0.1, 0.15) is 15.9 Å². The highest BCUT2D eigenvalue weighted by molar-refractivity contribution is 5.98. The molecular weight excluding hydrogens is 296 g/mol. The number of aryl methyl sites for hydroxylation is 1. The lowest BCUT2D eigenvalue weighted by Crippen LogP contribution is -2.16. The van der Waals surface area contributed by atoms with Crippen LogP contribution in [0, 0.1) is 6.92 Å². The predicted molar refractivity (Wildman–Crippen MR) is 86.2 cm³/mol. The van der Waals surface area contributed by atoms with Gasteiger partial charge in [0.2, 0.25) is 5.43 Å². The molecule has 0 aliphatic rings. The summed E-state index contributed by atoms with van der Waals surface area (Å²) in [6.07, 6.45) is 0. The van der Waals surface area contributed by atoms with Crippen molar-refractivity contribution in [1.29, 1.82) is 0 Å². The molecule has 1 aromatic heterocycles. The first-order valence-corrected chi connectivity index (χ1v) is 6.96. The van der Waals surface area contributed by atoms with Crippen molar-refractivity contribution in [3.63, 3.8) is 0 Å². The van der Waals surface area contributed by atoms with E-state index in [0.717, 1.165) is 5.56 Å². The maximum Gasteiger partial charge on any atom is 0.343 e. The summed E-state index contributed by atoms with van der Waals surface area (Å²) in [7, 11) is 1.51. The zero-order valence-corrected chi connectivity index (χ0v) is 12.6. The Hall–Kier alpha value is -3.08. The highest BCUT2D eigenvalue weighted by Gasteiger charge is 2.22. The third kappa shape index (κ3) is 2.57. The molecule has 23 heavy (non-hydrogen) atoms. The van der Waals surface area contributed by atoms with Gasteiger partial charge in [-0.05, 0) is 25.1 Å². The van der Waals surface area contributed by atoms with Crippen molar-refractivity contribution in [2.75, 3.05) is 7.11 Å². The smallest absolute Gasteiger partial charge is 0.343 e. The molecular formula is C18H14O5. The molecule has 1 heterocycles. The Morgan fingerprint density at radius 1 is 1.17 bits per heavy atom. The third-order valence-electron chi connectivity index (χ3n) is 3.59. The Bertz CT molecular complexity index is 969. The lowest BCUT2D eigenvalue weighted by atomic mass is 10.0. The number of carboxylic acids is 1. The fraction of sp³-hybridized carbons (Fsp3) is 0.111. The van der Waals surface area contributed by atoms with E-state index in [0.29, 0.717) is 11.3 Å². The van der Waals surface area contributed by atoms with E-state index in [4.69, 9.17) is 9.15 Å². The number of hydrogen-bond acceptors (Lipinski definition) is 4. The van der Waals surface area contributed by atoms with Crippen LogP contribution in [0.4, 0.5) is 0 Å². The van der Waals surface area contributed by atoms with Crippen molar-refractivity contribution < 1.29 is 19.1 Å². The molecule has 0 fully saturated rings. The average molecular weight is 310 g/mol. The maximum absolute atomic E-state index is 12.6. The highest BCUT2D eigenvalue weighted by atomic mass is 16.5. The number of fused-ring (bicyclic) bond motifs is 1. The van der Waals surface area contributed by atoms with Gasteiger partial charge in [0.05, 0.1) is 12.5 Å². The molecule has 0 spiro atoms. The van der Waals surface area contributed by atoms with Crippen molar-refractivity contribution >= 4 is 16.9 Å². The molecule has 5 nitrogen and oxygen atoms in total. The lowest BCUT2D eigenvalue weighted by molar-refractivity contribution is 0.0694. The summed E-state index contributed by atoms with van der Waals surface area (Å²) in [4.78, 5) is 24.1. The lowest BCUT2D eigenvalue weighted by Gasteiger charge is -2.09. The van der Waals surface area contributed by atoms with Gasteiger partial charge in [-0.1, -0.05) is 23.8 Å². The van der Waals surface area contributed by atoms with Gasteiger partial charge in [-0.15, -0.1) is 0 Å². The summed E-state index contributed by atoms with van der Waals surface area (Å²) in [5.41, 5.74) is 0.832. The Morgan fingerprint density at radius 3 is 2.61 bits per heavy atom. The van der Waals surface area contributed by atoms with Crippen molar-refractivity contribution in [3.05, 3.63) is 63.8 Å². The third-order valence-corrected chi connectivity index (χ3v) is 3.59. The van der Waals surface area contributed by atoms with Gasteiger partial charge in [0.25, 0.3) is 0 Å². The van der Waals surface area contributed by atoms with Crippen LogP contribution in [0.3, 0.4) is 0 Å². The van der Waals surface area contributed by atoms with Crippen molar-refractivity contribution in [2.45, 2.75) is 6.92 Å². The van der Waals surface area contributed by atoms with Crippen LogP contribution in [0.25, 0.3) is 22.3 Å². The fourth-order valence-electron chi connectivity index (χ4n) is 2.48. The molecule has 3 aromatic rings. The number of benzene rings is 2. The van der Waals surface area contributed by atoms with E-state index in [-0.39, 0.29) is 22.3 Å². The van der Waals surface area contributed by atoms with Crippen LogP contribution in [-0.4, -0.2) is 18.2 Å². The van der Waals surface area contributed by atoms with Gasteiger partial charge in [0, 0.05) is 11.6 Å². The van der Waals surface area contributed by atoms with E-state index in [1.54, 1.807) is 30.3 Å². The molecule has 0 radical (unpaired) electrons. The van der Waals surface area contributed by atoms with Crippen LogP contribution < -0.4 is 10.2 Å². The first-order valence-electron chi connectivity index (χ1n) is 6.96. The summed E-state index contributed by atoms with van der Waals surface area (Å²) < 4.78 is 10.9. The van der Waals surface area contributed by atoms with Crippen molar-refractivity contribution in [2.24, 2.45) is 0 Å². The van der Waals surface area contributed by atoms with Crippen LogP contribution >= 0.6 is 0 Å². The Balaban J connectivity index is 2.41. The number of aromatic carboxylic acids is 1. The van der Waals surface area contributed by atoms with Crippen LogP contribution in [0.2, 0.25) is 0 Å². The first-order chi connectivity index (χ1) is 11.0. The van der Waals surface area contributed by atoms with Gasteiger partial charge < -0.3 is 14.3 Å². The number of methoxy groups -OCH3 is 1. The van der Waals surface area contributed by atoms with E-state index in [1.165, 1.54) is 13.2 Å². The molecule has 0 unspecified atom stereocenters. The molecule has 0 amide bonds. The van der Waals surface area contributed by atoms with E-state index < -0.39 is 11.4 Å². The minimum Gasteiger partial charge on any atom is -0.497 e. The SMILES string of the molecule is COc1ccc2c(=O)c(C(=O)O)c(-c3cccc(C)c3)oc2c1. The molecule has 0 saturated heterocycles. The summed E-state index contributed by atoms with van der Waals surface area (Å²) in [6.45, 7) is 1.88. The largest absolute Gasteiger partial charge is 0.497 e. The van der Waals surface area contributed by atoms with Gasteiger partial charge in [-0.3, -0.25) is 4.79 Å². The number of carboxylic acid groups (broad SMARTS) is 1. The monoisotopic (exact) mass is 310 g/mol. The van der Waals surface area contributed by atoms with Gasteiger partial charge in [0.1, 0.15) is 11.3 Å². The normalized spacial score (nSPS) is 10.7. The predicted octanol–water partition coefficient (Wildman–Crippen LogP) is 3.48. The number of ether oxygens (including phenoxy) is 1. The van der Waals surface area contributed by atoms with E-state index in [2.05, 4.69) is 0 Å². The molecule has 0 atom stereocenters. The zero-order valence-electron chi connectivity index (χ0n) is 12.6. The molecule has 0 saturated carbocycles. The minimum atomic E-state index is -1.31. The summed E-state index contributed by atoms with van der Waals surface area (Å²) in [5, 5.41) is 9.66. The Morgan fingerprint density at radius 2 is 1.96 bits per heavy atom. The second kappa shape index (κ2) is 5.61. The zero-order chi connectivity index (χ0) is 16.6. The second-order valence-corrected chi connectivity index (χ2v) is 5.17. The quantitative estimate of drug-likeness (QED) is 0.801. The van der Waals surface area contributed by atoms with Crippen LogP contribution in [0.15, 0.2) is 51.7 Å². The maximum atomic E-state index is 12.6. The van der Waals surface area contributed by atoms with Gasteiger partial charge >= 0.3 is 5.97 Å². The standard InChI is InChI=1S/C18H14O5/c1-10-4-3-5-11(8-10)17-15(18(20)21)16(19)13-7-6-12(22-2)9-14(13)23-17/h3-9H,1-2H3,(H,20,21). The summed E-state index contributed by atoms with van der Waals surface area (Å²) in [5.74, 6) is -0.737. The molecule has 0 aliphatic heterocycles. The summed E-state index contributed by atoms with van der Waals surface area (Å²) >= 11 is 0. The van der Waals surface area contributed by atoms with Crippen molar-refractivity contribution in [3.8, 4) is 17.1 Å². The average Bonchev–Trinajstić information content (AvgIpc) is 2.53. The van der Waals surface area contributed by atoms with Gasteiger partial charge in [0.15, 0.2) is 11.3 Å². The van der Waals surface area contributed by atoms with E-state index in [9.17, 15) is 14.7 Å². The topological polar surface area (TPSA) is 76.7 Å². The second-order valence-electron chi connectivity index (χ2n) is 5.17. The molecule has 0 bridgehead atoms.